The van der Waals surface area contributed by atoms with Crippen molar-refractivity contribution in [3.8, 4) is 5.75 Å². The second-order valence-electron chi connectivity index (χ2n) is 4.54. The third-order valence-corrected chi connectivity index (χ3v) is 3.05. The molecule has 100 valence electrons. The van der Waals surface area contributed by atoms with Gasteiger partial charge in [0, 0.05) is 18.5 Å². The molecule has 2 unspecified atom stereocenters. The minimum atomic E-state index is -0.157. The Morgan fingerprint density at radius 1 is 1.44 bits per heavy atom. The molecular weight excluding hydrogens is 228 g/mol. The molecular formula is C14H22N2O2. The number of amides is 1. The summed E-state index contributed by atoms with van der Waals surface area (Å²) in [6.07, 6.45) is 0.786. The maximum atomic E-state index is 11.7. The third kappa shape index (κ3) is 4.37. The molecule has 0 aliphatic rings. The van der Waals surface area contributed by atoms with E-state index in [1.807, 2.05) is 38.1 Å². The van der Waals surface area contributed by atoms with Crippen LogP contribution in [0.3, 0.4) is 0 Å². The van der Waals surface area contributed by atoms with Crippen LogP contribution >= 0.6 is 0 Å². The second kappa shape index (κ2) is 7.01. The van der Waals surface area contributed by atoms with E-state index in [4.69, 9.17) is 10.5 Å². The quantitative estimate of drug-likeness (QED) is 0.800. The lowest BCUT2D eigenvalue weighted by atomic mass is 10.0. The lowest BCUT2D eigenvalue weighted by molar-refractivity contribution is -0.124. The first-order valence-electron chi connectivity index (χ1n) is 6.21. The lowest BCUT2D eigenvalue weighted by Crippen LogP contribution is -2.39. The topological polar surface area (TPSA) is 64.3 Å². The number of methoxy groups -OCH3 is 1. The highest BCUT2D eigenvalue weighted by Gasteiger charge is 2.15. The summed E-state index contributed by atoms with van der Waals surface area (Å²) < 4.78 is 5.15. The summed E-state index contributed by atoms with van der Waals surface area (Å²) in [7, 11) is 1.64. The van der Waals surface area contributed by atoms with E-state index >= 15 is 0 Å². The minimum absolute atomic E-state index is 0.00731. The molecule has 0 fully saturated rings. The van der Waals surface area contributed by atoms with Gasteiger partial charge < -0.3 is 15.8 Å². The predicted octanol–water partition coefficient (Wildman–Crippen LogP) is 1.34. The molecule has 4 nitrogen and oxygen atoms in total. The molecule has 0 saturated heterocycles. The fourth-order valence-electron chi connectivity index (χ4n) is 1.56. The van der Waals surface area contributed by atoms with E-state index in [0.29, 0.717) is 6.54 Å². The summed E-state index contributed by atoms with van der Waals surface area (Å²) in [5.41, 5.74) is 6.82. The van der Waals surface area contributed by atoms with Crippen molar-refractivity contribution in [2.24, 2.45) is 11.7 Å². The van der Waals surface area contributed by atoms with Crippen LogP contribution in [0.25, 0.3) is 0 Å². The maximum absolute atomic E-state index is 11.7. The van der Waals surface area contributed by atoms with Crippen LogP contribution in [0, 0.1) is 5.92 Å². The van der Waals surface area contributed by atoms with Gasteiger partial charge in [-0.1, -0.05) is 19.1 Å². The summed E-state index contributed by atoms with van der Waals surface area (Å²) >= 11 is 0. The van der Waals surface area contributed by atoms with Gasteiger partial charge in [-0.25, -0.2) is 0 Å². The van der Waals surface area contributed by atoms with Crippen molar-refractivity contribution < 1.29 is 9.53 Å². The highest BCUT2D eigenvalue weighted by atomic mass is 16.5. The van der Waals surface area contributed by atoms with Gasteiger partial charge >= 0.3 is 0 Å². The highest BCUT2D eigenvalue weighted by molar-refractivity contribution is 5.78. The molecule has 0 aliphatic heterocycles. The van der Waals surface area contributed by atoms with Crippen LogP contribution in [-0.2, 0) is 11.2 Å². The standard InChI is InChI=1S/C14H22N2O2/c1-10(11(2)15)14(17)16-8-7-12-5-4-6-13(9-12)18-3/h4-6,9-11H,7-8,15H2,1-3H3,(H,16,17). The molecule has 1 aromatic carbocycles. The average Bonchev–Trinajstić information content (AvgIpc) is 2.37. The van der Waals surface area contributed by atoms with Crippen LogP contribution in [-0.4, -0.2) is 25.6 Å². The molecule has 0 aliphatic carbocycles. The number of hydrogen-bond donors (Lipinski definition) is 2. The van der Waals surface area contributed by atoms with Crippen molar-refractivity contribution in [3.63, 3.8) is 0 Å². The van der Waals surface area contributed by atoms with E-state index in [2.05, 4.69) is 5.32 Å². The van der Waals surface area contributed by atoms with Crippen molar-refractivity contribution in [2.45, 2.75) is 26.3 Å². The lowest BCUT2D eigenvalue weighted by Gasteiger charge is -2.15. The van der Waals surface area contributed by atoms with Gasteiger partial charge in [0.25, 0.3) is 0 Å². The van der Waals surface area contributed by atoms with E-state index in [0.717, 1.165) is 17.7 Å². The summed E-state index contributed by atoms with van der Waals surface area (Å²) in [5, 5.41) is 2.89. The molecule has 0 saturated carbocycles. The monoisotopic (exact) mass is 250 g/mol. The highest BCUT2D eigenvalue weighted by Crippen LogP contribution is 2.12. The normalized spacial score (nSPS) is 13.8. The maximum Gasteiger partial charge on any atom is 0.224 e. The predicted molar refractivity (Wildman–Crippen MR) is 72.5 cm³/mol. The van der Waals surface area contributed by atoms with E-state index < -0.39 is 0 Å². The molecule has 0 spiro atoms. The summed E-state index contributed by atoms with van der Waals surface area (Å²) in [6, 6.07) is 7.72. The molecule has 1 amide bonds. The van der Waals surface area contributed by atoms with Gasteiger partial charge in [-0.05, 0) is 31.0 Å². The Bertz CT molecular complexity index is 391. The Morgan fingerprint density at radius 3 is 2.78 bits per heavy atom. The Labute approximate surface area is 109 Å². The summed E-state index contributed by atoms with van der Waals surface area (Å²) in [5.74, 6) is 0.686. The zero-order valence-corrected chi connectivity index (χ0v) is 11.3. The Kier molecular flexibility index (Phi) is 5.65. The molecule has 18 heavy (non-hydrogen) atoms. The minimum Gasteiger partial charge on any atom is -0.497 e. The second-order valence-corrected chi connectivity index (χ2v) is 4.54. The van der Waals surface area contributed by atoms with Gasteiger partial charge in [0.1, 0.15) is 5.75 Å². The first-order valence-corrected chi connectivity index (χ1v) is 6.21. The number of benzene rings is 1. The fourth-order valence-corrected chi connectivity index (χ4v) is 1.56. The summed E-state index contributed by atoms with van der Waals surface area (Å²) in [6.45, 7) is 4.29. The third-order valence-electron chi connectivity index (χ3n) is 3.05. The smallest absolute Gasteiger partial charge is 0.224 e. The fraction of sp³-hybridized carbons (Fsp3) is 0.500. The number of hydrogen-bond acceptors (Lipinski definition) is 3. The molecule has 4 heteroatoms. The summed E-state index contributed by atoms with van der Waals surface area (Å²) in [4.78, 5) is 11.7. The van der Waals surface area contributed by atoms with Gasteiger partial charge in [0.2, 0.25) is 5.91 Å². The van der Waals surface area contributed by atoms with Gasteiger partial charge in [-0.15, -0.1) is 0 Å². The number of ether oxygens (including phenoxy) is 1. The first kappa shape index (κ1) is 14.5. The van der Waals surface area contributed by atoms with Crippen molar-refractivity contribution in [2.75, 3.05) is 13.7 Å². The van der Waals surface area contributed by atoms with Gasteiger partial charge in [0.15, 0.2) is 0 Å². The molecule has 1 aromatic rings. The van der Waals surface area contributed by atoms with Crippen LogP contribution in [0.4, 0.5) is 0 Å². The molecule has 0 radical (unpaired) electrons. The van der Waals surface area contributed by atoms with Crippen molar-refractivity contribution in [1.29, 1.82) is 0 Å². The van der Waals surface area contributed by atoms with E-state index in [1.54, 1.807) is 7.11 Å². The zero-order valence-electron chi connectivity index (χ0n) is 11.3. The van der Waals surface area contributed by atoms with Crippen LogP contribution in [0.15, 0.2) is 24.3 Å². The first-order chi connectivity index (χ1) is 8.54. The van der Waals surface area contributed by atoms with Crippen molar-refractivity contribution in [1.82, 2.24) is 5.32 Å². The van der Waals surface area contributed by atoms with E-state index in [1.165, 1.54) is 0 Å². The number of carbonyl (C=O) groups excluding carboxylic acids is 1. The largest absolute Gasteiger partial charge is 0.497 e. The van der Waals surface area contributed by atoms with E-state index in [-0.39, 0.29) is 17.9 Å². The Morgan fingerprint density at radius 2 is 2.17 bits per heavy atom. The van der Waals surface area contributed by atoms with Crippen molar-refractivity contribution >= 4 is 5.91 Å². The Balaban J connectivity index is 2.39. The van der Waals surface area contributed by atoms with Gasteiger partial charge in [-0.3, -0.25) is 4.79 Å². The van der Waals surface area contributed by atoms with Crippen molar-refractivity contribution in [3.05, 3.63) is 29.8 Å². The zero-order chi connectivity index (χ0) is 13.5. The van der Waals surface area contributed by atoms with Crippen LogP contribution < -0.4 is 15.8 Å². The SMILES string of the molecule is COc1cccc(CCNC(=O)C(C)C(C)N)c1. The van der Waals surface area contributed by atoms with Crippen LogP contribution in [0.5, 0.6) is 5.75 Å². The van der Waals surface area contributed by atoms with E-state index in [9.17, 15) is 4.79 Å². The molecule has 0 bridgehead atoms. The molecule has 1 rings (SSSR count). The number of nitrogens with two attached hydrogens (primary N) is 1. The molecule has 3 N–H and O–H groups in total. The van der Waals surface area contributed by atoms with Crippen LogP contribution in [0.2, 0.25) is 0 Å². The molecule has 2 atom stereocenters. The molecule has 0 heterocycles. The van der Waals surface area contributed by atoms with Crippen LogP contribution in [0.1, 0.15) is 19.4 Å². The molecule has 0 aromatic heterocycles. The number of rotatable bonds is 6. The average molecular weight is 250 g/mol. The number of carbonyl (C=O) groups is 1. The number of nitrogens with one attached hydrogen (secondary N) is 1. The van der Waals surface area contributed by atoms with Gasteiger partial charge in [-0.2, -0.15) is 0 Å². The Hall–Kier alpha value is -1.55. The van der Waals surface area contributed by atoms with Gasteiger partial charge in [0.05, 0.1) is 7.11 Å².